The minimum atomic E-state index is 0.439. The first-order valence-electron chi connectivity index (χ1n) is 7.30. The Morgan fingerprint density at radius 2 is 1.77 bits per heavy atom. The van der Waals surface area contributed by atoms with Crippen LogP contribution in [0.5, 0.6) is 0 Å². The zero-order chi connectivity index (χ0) is 15.1. The van der Waals surface area contributed by atoms with Crippen molar-refractivity contribution in [1.29, 1.82) is 0 Å². The average Bonchev–Trinajstić information content (AvgIpc) is 2.94. The number of hydrogen-bond acceptors (Lipinski definition) is 1. The highest BCUT2D eigenvalue weighted by Crippen LogP contribution is 2.29. The molecular weight excluding hydrogens is 292 g/mol. The van der Waals surface area contributed by atoms with Gasteiger partial charge in [0, 0.05) is 11.3 Å². The molecule has 2 aromatic carbocycles. The molecule has 0 spiro atoms. The molecule has 2 heterocycles. The van der Waals surface area contributed by atoms with Crippen LogP contribution in [0.4, 0.5) is 0 Å². The fourth-order valence-electron chi connectivity index (χ4n) is 3.02. The molecule has 4 rings (SSSR count). The first-order valence-corrected chi connectivity index (χ1v) is 7.83. The Kier molecular flexibility index (Phi) is 3.12. The summed E-state index contributed by atoms with van der Waals surface area (Å²) in [5, 5.41) is 2.45. The Morgan fingerprint density at radius 1 is 0.955 bits per heavy atom. The van der Waals surface area contributed by atoms with Gasteiger partial charge < -0.3 is 0 Å². The molecule has 0 amide bonds. The standard InChI is InChI=1S/C19H15ClN2/c1-13-5-4-8-18-21-19(17(12-20)22(13)18)16-10-9-14-6-2-3-7-15(14)11-16/h2-11H,12H2,1H3. The molecule has 0 N–H and O–H groups in total. The van der Waals surface area contributed by atoms with E-state index in [0.717, 1.165) is 28.3 Å². The third kappa shape index (κ3) is 1.99. The highest BCUT2D eigenvalue weighted by molar-refractivity contribution is 6.17. The summed E-state index contributed by atoms with van der Waals surface area (Å²) in [6.07, 6.45) is 0. The first-order chi connectivity index (χ1) is 10.8. The number of pyridine rings is 1. The largest absolute Gasteiger partial charge is 0.299 e. The molecule has 3 heteroatoms. The van der Waals surface area contributed by atoms with Crippen LogP contribution in [0.1, 0.15) is 11.4 Å². The van der Waals surface area contributed by atoms with E-state index in [0.29, 0.717) is 5.88 Å². The summed E-state index contributed by atoms with van der Waals surface area (Å²) in [5.41, 5.74) is 5.21. The summed E-state index contributed by atoms with van der Waals surface area (Å²) < 4.78 is 2.14. The molecular formula is C19H15ClN2. The summed E-state index contributed by atoms with van der Waals surface area (Å²) in [6.45, 7) is 2.08. The van der Waals surface area contributed by atoms with Crippen LogP contribution < -0.4 is 0 Å². The van der Waals surface area contributed by atoms with Crippen LogP contribution in [-0.2, 0) is 5.88 Å². The van der Waals surface area contributed by atoms with E-state index in [4.69, 9.17) is 16.6 Å². The van der Waals surface area contributed by atoms with Gasteiger partial charge in [0.1, 0.15) is 5.65 Å². The van der Waals surface area contributed by atoms with Crippen molar-refractivity contribution in [2.45, 2.75) is 12.8 Å². The molecule has 0 atom stereocenters. The number of alkyl halides is 1. The van der Waals surface area contributed by atoms with Gasteiger partial charge in [0.15, 0.2) is 0 Å². The van der Waals surface area contributed by atoms with Crippen molar-refractivity contribution in [1.82, 2.24) is 9.38 Å². The second kappa shape index (κ2) is 5.15. The minimum Gasteiger partial charge on any atom is -0.299 e. The van der Waals surface area contributed by atoms with Crippen molar-refractivity contribution < 1.29 is 0 Å². The van der Waals surface area contributed by atoms with Gasteiger partial charge in [0.2, 0.25) is 0 Å². The number of hydrogen-bond donors (Lipinski definition) is 0. The lowest BCUT2D eigenvalue weighted by molar-refractivity contribution is 1.03. The van der Waals surface area contributed by atoms with Crippen LogP contribution in [0.3, 0.4) is 0 Å². The van der Waals surface area contributed by atoms with Gasteiger partial charge in [0.05, 0.1) is 17.3 Å². The molecule has 0 aliphatic carbocycles. The normalized spacial score (nSPS) is 11.4. The average molecular weight is 307 g/mol. The molecule has 4 aromatic rings. The monoisotopic (exact) mass is 306 g/mol. The van der Waals surface area contributed by atoms with Crippen molar-refractivity contribution in [3.63, 3.8) is 0 Å². The maximum absolute atomic E-state index is 6.23. The van der Waals surface area contributed by atoms with Gasteiger partial charge in [-0.05, 0) is 35.9 Å². The maximum Gasteiger partial charge on any atom is 0.137 e. The molecule has 22 heavy (non-hydrogen) atoms. The van der Waals surface area contributed by atoms with E-state index in [-0.39, 0.29) is 0 Å². The predicted octanol–water partition coefficient (Wildman–Crippen LogP) is 5.20. The molecule has 0 saturated heterocycles. The van der Waals surface area contributed by atoms with E-state index < -0.39 is 0 Å². The van der Waals surface area contributed by atoms with Crippen LogP contribution in [-0.4, -0.2) is 9.38 Å². The van der Waals surface area contributed by atoms with E-state index in [2.05, 4.69) is 59.9 Å². The Morgan fingerprint density at radius 3 is 2.59 bits per heavy atom. The van der Waals surface area contributed by atoms with Gasteiger partial charge >= 0.3 is 0 Å². The first kappa shape index (κ1) is 13.4. The molecule has 2 nitrogen and oxygen atoms in total. The van der Waals surface area contributed by atoms with Crippen LogP contribution in [0, 0.1) is 6.92 Å². The van der Waals surface area contributed by atoms with E-state index in [9.17, 15) is 0 Å². The molecule has 2 aromatic heterocycles. The maximum atomic E-state index is 6.23. The summed E-state index contributed by atoms with van der Waals surface area (Å²) in [7, 11) is 0. The number of benzene rings is 2. The molecule has 0 saturated carbocycles. The van der Waals surface area contributed by atoms with Crippen molar-refractivity contribution in [3.8, 4) is 11.3 Å². The fraction of sp³-hybridized carbons (Fsp3) is 0.105. The number of nitrogens with zero attached hydrogens (tertiary/aromatic N) is 2. The minimum absolute atomic E-state index is 0.439. The van der Waals surface area contributed by atoms with Gasteiger partial charge in [-0.3, -0.25) is 4.40 Å². The summed E-state index contributed by atoms with van der Waals surface area (Å²) in [4.78, 5) is 4.80. The predicted molar refractivity (Wildman–Crippen MR) is 92.4 cm³/mol. The number of fused-ring (bicyclic) bond motifs is 2. The second-order valence-electron chi connectivity index (χ2n) is 5.46. The Balaban J connectivity index is 2.01. The smallest absolute Gasteiger partial charge is 0.137 e. The van der Waals surface area contributed by atoms with E-state index >= 15 is 0 Å². The quantitative estimate of drug-likeness (QED) is 0.465. The summed E-state index contributed by atoms with van der Waals surface area (Å²) >= 11 is 6.23. The molecule has 0 fully saturated rings. The van der Waals surface area contributed by atoms with E-state index in [1.54, 1.807) is 0 Å². The molecule has 0 aliphatic heterocycles. The van der Waals surface area contributed by atoms with Gasteiger partial charge in [-0.15, -0.1) is 11.6 Å². The Hall–Kier alpha value is -2.32. The van der Waals surface area contributed by atoms with E-state index in [1.165, 1.54) is 10.8 Å². The number of halogens is 1. The van der Waals surface area contributed by atoms with Crippen molar-refractivity contribution >= 4 is 28.0 Å². The van der Waals surface area contributed by atoms with Gasteiger partial charge in [-0.25, -0.2) is 4.98 Å². The Bertz CT molecular complexity index is 985. The number of imidazole rings is 1. The van der Waals surface area contributed by atoms with Crippen molar-refractivity contribution in [2.24, 2.45) is 0 Å². The number of aryl methyl sites for hydroxylation is 1. The third-order valence-electron chi connectivity index (χ3n) is 4.08. The SMILES string of the molecule is Cc1cccc2nc(-c3ccc4ccccc4c3)c(CCl)n12. The Labute approximate surface area is 134 Å². The topological polar surface area (TPSA) is 17.3 Å². The van der Waals surface area contributed by atoms with Crippen molar-refractivity contribution in [2.75, 3.05) is 0 Å². The molecule has 0 aliphatic rings. The van der Waals surface area contributed by atoms with Crippen LogP contribution in [0.25, 0.3) is 27.7 Å². The highest BCUT2D eigenvalue weighted by Gasteiger charge is 2.14. The van der Waals surface area contributed by atoms with Crippen molar-refractivity contribution in [3.05, 3.63) is 72.1 Å². The lowest BCUT2D eigenvalue weighted by Crippen LogP contribution is -1.95. The summed E-state index contributed by atoms with van der Waals surface area (Å²) in [5.74, 6) is 0.439. The molecule has 108 valence electrons. The van der Waals surface area contributed by atoms with Crippen LogP contribution >= 0.6 is 11.6 Å². The van der Waals surface area contributed by atoms with Gasteiger partial charge in [0.25, 0.3) is 0 Å². The lowest BCUT2D eigenvalue weighted by Gasteiger charge is -2.05. The summed E-state index contributed by atoms with van der Waals surface area (Å²) in [6, 6.07) is 20.9. The zero-order valence-corrected chi connectivity index (χ0v) is 13.0. The van der Waals surface area contributed by atoms with Gasteiger partial charge in [-0.1, -0.05) is 42.5 Å². The van der Waals surface area contributed by atoms with E-state index in [1.807, 2.05) is 12.1 Å². The molecule has 0 radical (unpaired) electrons. The third-order valence-corrected chi connectivity index (χ3v) is 4.34. The van der Waals surface area contributed by atoms with Crippen LogP contribution in [0.15, 0.2) is 60.7 Å². The lowest BCUT2D eigenvalue weighted by atomic mass is 10.0. The second-order valence-corrected chi connectivity index (χ2v) is 5.73. The number of aromatic nitrogens is 2. The fourth-order valence-corrected chi connectivity index (χ4v) is 3.26. The highest BCUT2D eigenvalue weighted by atomic mass is 35.5. The van der Waals surface area contributed by atoms with Crippen LogP contribution in [0.2, 0.25) is 0 Å². The molecule has 0 unspecified atom stereocenters. The van der Waals surface area contributed by atoms with Gasteiger partial charge in [-0.2, -0.15) is 0 Å². The zero-order valence-electron chi connectivity index (χ0n) is 12.3. The number of rotatable bonds is 2. The molecule has 0 bridgehead atoms.